The third-order valence-electron chi connectivity index (χ3n) is 7.06. The van der Waals surface area contributed by atoms with Gasteiger partial charge < -0.3 is 19.9 Å². The molecule has 0 saturated carbocycles. The highest BCUT2D eigenvalue weighted by molar-refractivity contribution is 7.12. The van der Waals surface area contributed by atoms with Crippen LogP contribution in [-0.2, 0) is 6.42 Å². The van der Waals surface area contributed by atoms with Crippen LogP contribution in [-0.4, -0.2) is 69.3 Å². The van der Waals surface area contributed by atoms with E-state index in [2.05, 4.69) is 10.4 Å². The molecule has 39 heavy (non-hydrogen) atoms. The molecule has 0 aliphatic carbocycles. The van der Waals surface area contributed by atoms with E-state index in [4.69, 9.17) is 9.72 Å². The Morgan fingerprint density at radius 3 is 2.59 bits per heavy atom. The quantitative estimate of drug-likeness (QED) is 0.358. The summed E-state index contributed by atoms with van der Waals surface area (Å²) in [5, 5.41) is 10.3. The fourth-order valence-corrected chi connectivity index (χ4v) is 5.64. The van der Waals surface area contributed by atoms with Gasteiger partial charge in [0.1, 0.15) is 5.75 Å². The Kier molecular flexibility index (Phi) is 7.65. The summed E-state index contributed by atoms with van der Waals surface area (Å²) in [6.45, 7) is 7.31. The number of carbonyl (C=O) groups excluding carboxylic acids is 2. The van der Waals surface area contributed by atoms with Crippen molar-refractivity contribution in [1.82, 2.24) is 24.6 Å². The lowest BCUT2D eigenvalue weighted by Crippen LogP contribution is -2.56. The molecule has 4 aromatic rings. The maximum absolute atomic E-state index is 13.6. The van der Waals surface area contributed by atoms with Crippen molar-refractivity contribution in [3.63, 3.8) is 0 Å². The molecule has 9 nitrogen and oxygen atoms in total. The standard InChI is InChI=1S/C29H32N6O3S/c1-5-26-23(16-30-35(26)29-32-25(18-39-29)21-10-12-22(38-4)13-11-21)27(36)33-14-15-34(20(3)17-33)28(37)31-24-9-7-6-8-19(24)2/h6-13,16,18,20H,5,14-15,17H2,1-4H3,(H,31,37). The summed E-state index contributed by atoms with van der Waals surface area (Å²) >= 11 is 1.49. The van der Waals surface area contributed by atoms with Gasteiger partial charge in [0.15, 0.2) is 0 Å². The summed E-state index contributed by atoms with van der Waals surface area (Å²) in [4.78, 5) is 34.9. The summed E-state index contributed by atoms with van der Waals surface area (Å²) < 4.78 is 7.01. The average molecular weight is 545 g/mol. The summed E-state index contributed by atoms with van der Waals surface area (Å²) in [6.07, 6.45) is 2.27. The number of thiazole rings is 1. The molecule has 1 saturated heterocycles. The molecular weight excluding hydrogens is 512 g/mol. The van der Waals surface area contributed by atoms with Crippen molar-refractivity contribution in [3.05, 3.63) is 76.9 Å². The van der Waals surface area contributed by atoms with Crippen LogP contribution in [0.4, 0.5) is 10.5 Å². The fraction of sp³-hybridized carbons (Fsp3) is 0.310. The third-order valence-corrected chi connectivity index (χ3v) is 7.87. The van der Waals surface area contributed by atoms with Crippen LogP contribution in [0.5, 0.6) is 5.75 Å². The largest absolute Gasteiger partial charge is 0.497 e. The summed E-state index contributed by atoms with van der Waals surface area (Å²) in [5.41, 5.74) is 5.03. The molecule has 0 bridgehead atoms. The molecule has 2 aromatic carbocycles. The SMILES string of the molecule is CCc1c(C(=O)N2CCN(C(=O)Nc3ccccc3C)C(C)C2)cnn1-c1nc(-c2ccc(OC)cc2)cs1. The molecule has 0 spiro atoms. The molecule has 202 valence electrons. The molecule has 3 amide bonds. The van der Waals surface area contributed by atoms with Gasteiger partial charge in [-0.15, -0.1) is 11.3 Å². The van der Waals surface area contributed by atoms with E-state index >= 15 is 0 Å². The number of hydrogen-bond donors (Lipinski definition) is 1. The number of hydrogen-bond acceptors (Lipinski definition) is 6. The van der Waals surface area contributed by atoms with Crippen LogP contribution in [0.3, 0.4) is 0 Å². The minimum absolute atomic E-state index is 0.0733. The summed E-state index contributed by atoms with van der Waals surface area (Å²) in [6, 6.07) is 15.2. The van der Waals surface area contributed by atoms with Crippen LogP contribution in [0.15, 0.2) is 60.1 Å². The van der Waals surface area contributed by atoms with Gasteiger partial charge in [0, 0.05) is 42.3 Å². The van der Waals surface area contributed by atoms with E-state index in [9.17, 15) is 9.59 Å². The number of methoxy groups -OCH3 is 1. The Labute approximate surface area is 232 Å². The number of carbonyl (C=O) groups is 2. The molecule has 1 fully saturated rings. The Bertz CT molecular complexity index is 1480. The van der Waals surface area contributed by atoms with Gasteiger partial charge in [0.05, 0.1) is 30.3 Å². The first kappa shape index (κ1) is 26.4. The molecule has 1 N–H and O–H groups in total. The second-order valence-corrected chi connectivity index (χ2v) is 10.4. The highest BCUT2D eigenvalue weighted by Gasteiger charge is 2.32. The zero-order chi connectivity index (χ0) is 27.5. The second kappa shape index (κ2) is 11.3. The molecule has 10 heteroatoms. The predicted molar refractivity (Wildman–Crippen MR) is 153 cm³/mol. The average Bonchev–Trinajstić information content (AvgIpc) is 3.61. The van der Waals surface area contributed by atoms with Crippen molar-refractivity contribution in [2.24, 2.45) is 0 Å². The van der Waals surface area contributed by atoms with E-state index in [1.54, 1.807) is 22.9 Å². The van der Waals surface area contributed by atoms with E-state index in [1.165, 1.54) is 11.3 Å². The lowest BCUT2D eigenvalue weighted by atomic mass is 10.1. The van der Waals surface area contributed by atoms with Crippen LogP contribution in [0.2, 0.25) is 0 Å². The van der Waals surface area contributed by atoms with Crippen molar-refractivity contribution >= 4 is 29.0 Å². The Balaban J connectivity index is 1.28. The molecular formula is C29H32N6O3S. The van der Waals surface area contributed by atoms with Crippen LogP contribution in [0.1, 0.15) is 35.5 Å². The lowest BCUT2D eigenvalue weighted by molar-refractivity contribution is 0.0591. The minimum atomic E-state index is -0.151. The number of anilines is 1. The van der Waals surface area contributed by atoms with Crippen molar-refractivity contribution in [3.8, 4) is 22.1 Å². The monoisotopic (exact) mass is 544 g/mol. The first-order valence-corrected chi connectivity index (χ1v) is 13.9. The zero-order valence-electron chi connectivity index (χ0n) is 22.5. The Hall–Kier alpha value is -4.18. The van der Waals surface area contributed by atoms with E-state index < -0.39 is 0 Å². The number of piperazine rings is 1. The number of nitrogens with one attached hydrogen (secondary N) is 1. The summed E-state index contributed by atoms with van der Waals surface area (Å²) in [7, 11) is 1.64. The van der Waals surface area contributed by atoms with Crippen molar-refractivity contribution in [2.45, 2.75) is 33.2 Å². The minimum Gasteiger partial charge on any atom is -0.497 e. The van der Waals surface area contributed by atoms with Crippen molar-refractivity contribution in [2.75, 3.05) is 32.1 Å². The van der Waals surface area contributed by atoms with E-state index in [1.807, 2.05) is 79.6 Å². The van der Waals surface area contributed by atoms with Gasteiger partial charge >= 0.3 is 6.03 Å². The maximum Gasteiger partial charge on any atom is 0.322 e. The summed E-state index contributed by atoms with van der Waals surface area (Å²) in [5.74, 6) is 0.718. The van der Waals surface area contributed by atoms with Gasteiger partial charge in [-0.1, -0.05) is 25.1 Å². The van der Waals surface area contributed by atoms with E-state index in [0.29, 0.717) is 36.8 Å². The normalized spacial score (nSPS) is 15.3. The molecule has 1 unspecified atom stereocenters. The second-order valence-electron chi connectivity index (χ2n) is 9.55. The van der Waals surface area contributed by atoms with Gasteiger partial charge in [-0.2, -0.15) is 5.10 Å². The topological polar surface area (TPSA) is 92.6 Å². The molecule has 5 rings (SSSR count). The van der Waals surface area contributed by atoms with Gasteiger partial charge in [-0.05, 0) is 56.2 Å². The van der Waals surface area contributed by atoms with E-state index in [0.717, 1.165) is 34.0 Å². The zero-order valence-corrected chi connectivity index (χ0v) is 23.4. The number of amides is 3. The smallest absolute Gasteiger partial charge is 0.322 e. The number of rotatable bonds is 6. The molecule has 2 aromatic heterocycles. The van der Waals surface area contributed by atoms with Crippen LogP contribution in [0.25, 0.3) is 16.4 Å². The molecule has 1 aliphatic heterocycles. The first-order chi connectivity index (χ1) is 18.9. The highest BCUT2D eigenvalue weighted by Crippen LogP contribution is 2.28. The number of ether oxygens (including phenoxy) is 1. The van der Waals surface area contributed by atoms with Gasteiger partial charge in [0.2, 0.25) is 5.13 Å². The van der Waals surface area contributed by atoms with Gasteiger partial charge in [-0.25, -0.2) is 14.5 Å². The number of aromatic nitrogens is 3. The maximum atomic E-state index is 13.6. The molecule has 0 radical (unpaired) electrons. The Morgan fingerprint density at radius 2 is 1.90 bits per heavy atom. The van der Waals surface area contributed by atoms with Gasteiger partial charge in [-0.3, -0.25) is 4.79 Å². The molecule has 1 atom stereocenters. The number of aryl methyl sites for hydroxylation is 1. The number of para-hydroxylation sites is 1. The third kappa shape index (κ3) is 5.37. The fourth-order valence-electron chi connectivity index (χ4n) is 4.83. The van der Waals surface area contributed by atoms with Crippen LogP contribution in [0, 0.1) is 6.92 Å². The number of benzene rings is 2. The Morgan fingerprint density at radius 1 is 1.13 bits per heavy atom. The van der Waals surface area contributed by atoms with Gasteiger partial charge in [0.25, 0.3) is 5.91 Å². The van der Waals surface area contributed by atoms with Crippen LogP contribution >= 0.6 is 11.3 Å². The number of nitrogens with zero attached hydrogens (tertiary/aromatic N) is 5. The predicted octanol–water partition coefficient (Wildman–Crippen LogP) is 5.25. The molecule has 3 heterocycles. The van der Waals surface area contributed by atoms with E-state index in [-0.39, 0.29) is 18.0 Å². The highest BCUT2D eigenvalue weighted by atomic mass is 32.1. The lowest BCUT2D eigenvalue weighted by Gasteiger charge is -2.39. The van der Waals surface area contributed by atoms with Crippen LogP contribution < -0.4 is 10.1 Å². The van der Waals surface area contributed by atoms with Crippen molar-refractivity contribution < 1.29 is 14.3 Å². The number of urea groups is 1. The molecule has 1 aliphatic rings. The first-order valence-electron chi connectivity index (χ1n) is 13.0. The van der Waals surface area contributed by atoms with Crippen molar-refractivity contribution in [1.29, 1.82) is 0 Å².